The Morgan fingerprint density at radius 1 is 1.50 bits per heavy atom. The SMILES string of the molecule is C=C1[C@H]2CC=C(C)[C@@H]2[C@@H](O)[C@@H]([C@@H](C)C/C=C/C(C)(C)O)C[C@H]1OC(C)=O. The van der Waals surface area contributed by atoms with E-state index in [0.717, 1.165) is 18.4 Å². The van der Waals surface area contributed by atoms with Gasteiger partial charge in [0.1, 0.15) is 6.10 Å². The van der Waals surface area contributed by atoms with Gasteiger partial charge >= 0.3 is 5.97 Å². The standard InChI is InChI=1S/C22H34O4/c1-13(8-7-11-22(5,6)25)18-12-19(26-16(4)23)15(3)17-10-9-14(2)20(17)21(18)24/h7,9,11,13,17-21,24-25H,3,8,10,12H2,1-2,4-6H3/b11-7+/t13-,17+,18+,19+,20-,21-/m0/s1. The van der Waals surface area contributed by atoms with Crippen molar-refractivity contribution in [3.05, 3.63) is 36.0 Å². The minimum Gasteiger partial charge on any atom is -0.458 e. The van der Waals surface area contributed by atoms with Gasteiger partial charge in [-0.1, -0.05) is 37.3 Å². The summed E-state index contributed by atoms with van der Waals surface area (Å²) < 4.78 is 5.58. The van der Waals surface area contributed by atoms with Crippen LogP contribution in [-0.4, -0.2) is 34.0 Å². The number of rotatable bonds is 5. The van der Waals surface area contributed by atoms with Crippen LogP contribution in [-0.2, 0) is 9.53 Å². The maximum Gasteiger partial charge on any atom is 0.303 e. The molecule has 0 aliphatic heterocycles. The molecule has 0 bridgehead atoms. The summed E-state index contributed by atoms with van der Waals surface area (Å²) in [5.41, 5.74) is 1.29. The molecule has 6 atom stereocenters. The average molecular weight is 363 g/mol. The predicted molar refractivity (Wildman–Crippen MR) is 103 cm³/mol. The lowest BCUT2D eigenvalue weighted by atomic mass is 9.76. The van der Waals surface area contributed by atoms with Crippen molar-refractivity contribution in [1.82, 2.24) is 0 Å². The Kier molecular flexibility index (Phi) is 6.51. The van der Waals surface area contributed by atoms with Gasteiger partial charge in [-0.3, -0.25) is 4.79 Å². The van der Waals surface area contributed by atoms with E-state index in [1.54, 1.807) is 19.9 Å². The number of allylic oxidation sites excluding steroid dienone is 2. The van der Waals surface area contributed by atoms with Crippen LogP contribution in [0.4, 0.5) is 0 Å². The van der Waals surface area contributed by atoms with Gasteiger partial charge in [0, 0.05) is 12.8 Å². The quantitative estimate of drug-likeness (QED) is 0.577. The van der Waals surface area contributed by atoms with Crippen LogP contribution in [0.2, 0.25) is 0 Å². The molecule has 0 aromatic rings. The number of esters is 1. The normalized spacial score (nSPS) is 33.6. The molecule has 0 spiro atoms. The molecule has 2 aliphatic carbocycles. The summed E-state index contributed by atoms with van der Waals surface area (Å²) in [6.07, 6.45) is 7.32. The molecule has 1 fully saturated rings. The fourth-order valence-corrected chi connectivity index (χ4v) is 4.48. The number of hydrogen-bond donors (Lipinski definition) is 2. The van der Waals surface area contributed by atoms with Crippen molar-refractivity contribution in [1.29, 1.82) is 0 Å². The zero-order valence-corrected chi connectivity index (χ0v) is 16.7. The third-order valence-corrected chi connectivity index (χ3v) is 5.91. The number of aliphatic hydroxyl groups excluding tert-OH is 1. The first-order chi connectivity index (χ1) is 12.0. The van der Waals surface area contributed by atoms with Crippen LogP contribution in [0.15, 0.2) is 36.0 Å². The van der Waals surface area contributed by atoms with Crippen LogP contribution in [0, 0.1) is 23.7 Å². The highest BCUT2D eigenvalue weighted by atomic mass is 16.5. The molecule has 0 amide bonds. The summed E-state index contributed by atoms with van der Waals surface area (Å²) >= 11 is 0. The van der Waals surface area contributed by atoms with E-state index in [1.165, 1.54) is 12.5 Å². The van der Waals surface area contributed by atoms with E-state index < -0.39 is 11.7 Å². The smallest absolute Gasteiger partial charge is 0.303 e. The van der Waals surface area contributed by atoms with Crippen molar-refractivity contribution in [2.24, 2.45) is 23.7 Å². The maximum atomic E-state index is 11.6. The second-order valence-corrected chi connectivity index (χ2v) is 8.65. The van der Waals surface area contributed by atoms with Crippen molar-refractivity contribution in [2.45, 2.75) is 71.7 Å². The van der Waals surface area contributed by atoms with Gasteiger partial charge in [-0.2, -0.15) is 0 Å². The first-order valence-corrected chi connectivity index (χ1v) is 9.62. The first kappa shape index (κ1) is 20.9. The molecule has 0 radical (unpaired) electrons. The molecule has 0 aromatic heterocycles. The summed E-state index contributed by atoms with van der Waals surface area (Å²) in [5.74, 6) is 0.0768. The van der Waals surface area contributed by atoms with Crippen LogP contribution in [0.25, 0.3) is 0 Å². The second kappa shape index (κ2) is 8.10. The topological polar surface area (TPSA) is 66.8 Å². The van der Waals surface area contributed by atoms with Crippen molar-refractivity contribution in [2.75, 3.05) is 0 Å². The number of ether oxygens (including phenoxy) is 1. The van der Waals surface area contributed by atoms with Crippen LogP contribution in [0.1, 0.15) is 53.9 Å². The van der Waals surface area contributed by atoms with Gasteiger partial charge in [-0.05, 0) is 63.4 Å². The lowest BCUT2D eigenvalue weighted by molar-refractivity contribution is -0.145. The monoisotopic (exact) mass is 362 g/mol. The van der Waals surface area contributed by atoms with Gasteiger partial charge < -0.3 is 14.9 Å². The number of fused-ring (bicyclic) bond motifs is 1. The Hall–Kier alpha value is -1.39. The molecule has 0 unspecified atom stereocenters. The summed E-state index contributed by atoms with van der Waals surface area (Å²) in [7, 11) is 0. The van der Waals surface area contributed by atoms with Crippen LogP contribution in [0.5, 0.6) is 0 Å². The fraction of sp³-hybridized carbons (Fsp3) is 0.682. The van der Waals surface area contributed by atoms with Gasteiger partial charge in [0.2, 0.25) is 0 Å². The van der Waals surface area contributed by atoms with Crippen molar-refractivity contribution >= 4 is 5.97 Å². The van der Waals surface area contributed by atoms with Gasteiger partial charge in [0.15, 0.2) is 0 Å². The van der Waals surface area contributed by atoms with Crippen LogP contribution in [0.3, 0.4) is 0 Å². The van der Waals surface area contributed by atoms with Gasteiger partial charge in [-0.15, -0.1) is 0 Å². The number of carbonyl (C=O) groups excluding carboxylic acids is 1. The Labute approximate surface area is 157 Å². The number of carbonyl (C=O) groups is 1. The molecular formula is C22H34O4. The van der Waals surface area contributed by atoms with Gasteiger partial charge in [0.25, 0.3) is 0 Å². The molecule has 2 aliphatic rings. The molecule has 2 rings (SSSR count). The van der Waals surface area contributed by atoms with E-state index in [0.29, 0.717) is 6.42 Å². The second-order valence-electron chi connectivity index (χ2n) is 8.65. The zero-order valence-electron chi connectivity index (χ0n) is 16.7. The molecule has 2 N–H and O–H groups in total. The molecule has 1 saturated carbocycles. The lowest BCUT2D eigenvalue weighted by Gasteiger charge is -2.32. The predicted octanol–water partition coefficient (Wildman–Crippen LogP) is 3.79. The molecule has 0 heterocycles. The molecule has 146 valence electrons. The summed E-state index contributed by atoms with van der Waals surface area (Å²) in [5, 5.41) is 21.1. The largest absolute Gasteiger partial charge is 0.458 e. The molecule has 4 nitrogen and oxygen atoms in total. The molecular weight excluding hydrogens is 328 g/mol. The third kappa shape index (κ3) is 4.86. The van der Waals surface area contributed by atoms with Crippen molar-refractivity contribution in [3.8, 4) is 0 Å². The molecule has 0 saturated heterocycles. The highest BCUT2D eigenvalue weighted by molar-refractivity contribution is 5.66. The summed E-state index contributed by atoms with van der Waals surface area (Å²) in [6, 6.07) is 0. The van der Waals surface area contributed by atoms with E-state index >= 15 is 0 Å². The van der Waals surface area contributed by atoms with E-state index in [-0.39, 0.29) is 35.7 Å². The van der Waals surface area contributed by atoms with Crippen LogP contribution < -0.4 is 0 Å². The highest BCUT2D eigenvalue weighted by Crippen LogP contribution is 2.47. The van der Waals surface area contributed by atoms with E-state index in [9.17, 15) is 15.0 Å². The van der Waals surface area contributed by atoms with Gasteiger partial charge in [0.05, 0.1) is 11.7 Å². The first-order valence-electron chi connectivity index (χ1n) is 9.62. The lowest BCUT2D eigenvalue weighted by Crippen LogP contribution is -2.34. The third-order valence-electron chi connectivity index (χ3n) is 5.91. The average Bonchev–Trinajstić information content (AvgIpc) is 2.85. The number of hydrogen-bond acceptors (Lipinski definition) is 4. The van der Waals surface area contributed by atoms with Crippen molar-refractivity contribution in [3.63, 3.8) is 0 Å². The van der Waals surface area contributed by atoms with E-state index in [4.69, 9.17) is 4.74 Å². The van der Waals surface area contributed by atoms with Gasteiger partial charge in [-0.25, -0.2) is 0 Å². The van der Waals surface area contributed by atoms with Crippen molar-refractivity contribution < 1.29 is 19.7 Å². The summed E-state index contributed by atoms with van der Waals surface area (Å²) in [4.78, 5) is 11.6. The zero-order chi connectivity index (χ0) is 19.6. The Morgan fingerprint density at radius 3 is 2.73 bits per heavy atom. The number of aliphatic hydroxyl groups is 2. The summed E-state index contributed by atoms with van der Waals surface area (Å²) in [6.45, 7) is 13.3. The molecule has 26 heavy (non-hydrogen) atoms. The maximum absolute atomic E-state index is 11.6. The molecule has 4 heteroatoms. The minimum atomic E-state index is -0.841. The Morgan fingerprint density at radius 2 is 2.15 bits per heavy atom. The minimum absolute atomic E-state index is 0.000921. The van der Waals surface area contributed by atoms with Crippen LogP contribution >= 0.6 is 0 Å². The van der Waals surface area contributed by atoms with E-state index in [1.807, 2.05) is 6.08 Å². The molecule has 0 aromatic carbocycles. The fourth-order valence-electron chi connectivity index (χ4n) is 4.48. The Balaban J connectivity index is 2.24. The highest BCUT2D eigenvalue weighted by Gasteiger charge is 2.46. The Bertz CT molecular complexity index is 596. The van der Waals surface area contributed by atoms with E-state index in [2.05, 4.69) is 26.5 Å².